The third kappa shape index (κ3) is 2.43. The number of fused-ring (bicyclic) bond motifs is 2. The molecule has 2 N–H and O–H groups in total. The van der Waals surface area contributed by atoms with Crippen LogP contribution in [-0.2, 0) is 12.8 Å². The van der Waals surface area contributed by atoms with E-state index in [0.717, 1.165) is 30.4 Å². The van der Waals surface area contributed by atoms with Crippen LogP contribution in [0.2, 0.25) is 0 Å². The zero-order chi connectivity index (χ0) is 16.8. The molecule has 0 saturated carbocycles. The molecule has 4 rings (SSSR count). The van der Waals surface area contributed by atoms with Gasteiger partial charge in [0.25, 0.3) is 17.7 Å². The Bertz CT molecular complexity index is 884. The van der Waals surface area contributed by atoms with Crippen LogP contribution in [-0.4, -0.2) is 17.7 Å². The van der Waals surface area contributed by atoms with E-state index in [1.807, 2.05) is 5.38 Å². The third-order valence-corrected chi connectivity index (χ3v) is 5.69. The fourth-order valence-electron chi connectivity index (χ4n) is 3.31. The second kappa shape index (κ2) is 5.56. The smallest absolute Gasteiger partial charge is 0.259 e. The van der Waals surface area contributed by atoms with Crippen molar-refractivity contribution in [2.24, 2.45) is 5.92 Å². The minimum atomic E-state index is -0.423. The van der Waals surface area contributed by atoms with Crippen molar-refractivity contribution >= 4 is 34.7 Å². The summed E-state index contributed by atoms with van der Waals surface area (Å²) >= 11 is 1.65. The zero-order valence-corrected chi connectivity index (χ0v) is 14.0. The van der Waals surface area contributed by atoms with Crippen molar-refractivity contribution in [1.82, 2.24) is 5.32 Å². The lowest BCUT2D eigenvalue weighted by atomic mass is 9.88. The maximum atomic E-state index is 12.6. The molecular weight excluding hydrogens is 324 g/mol. The maximum Gasteiger partial charge on any atom is 0.259 e. The van der Waals surface area contributed by atoms with E-state index in [1.54, 1.807) is 29.5 Å². The van der Waals surface area contributed by atoms with E-state index in [-0.39, 0.29) is 5.91 Å². The number of amides is 3. The van der Waals surface area contributed by atoms with Gasteiger partial charge in [-0.05, 0) is 48.9 Å². The van der Waals surface area contributed by atoms with Crippen LogP contribution in [0.25, 0.3) is 0 Å². The van der Waals surface area contributed by atoms with E-state index < -0.39 is 11.8 Å². The molecule has 24 heavy (non-hydrogen) atoms. The lowest BCUT2D eigenvalue weighted by molar-refractivity contribution is 0.0878. The number of anilines is 1. The monoisotopic (exact) mass is 340 g/mol. The molecule has 0 bridgehead atoms. The standard InChI is InChI=1S/C18H16N2O3S/c1-9-2-4-11-14(8-24-15(11)6-9)18(23)19-10-3-5-12-13(7-10)17(22)20-16(12)21/h3,5,7-9H,2,4,6H2,1H3,(H,19,23)(H,20,21,22). The first-order chi connectivity index (χ1) is 11.5. The van der Waals surface area contributed by atoms with Crippen LogP contribution in [0, 0.1) is 5.92 Å². The van der Waals surface area contributed by atoms with E-state index in [9.17, 15) is 14.4 Å². The molecule has 3 amide bonds. The van der Waals surface area contributed by atoms with Gasteiger partial charge in [0.15, 0.2) is 0 Å². The van der Waals surface area contributed by atoms with Crippen molar-refractivity contribution in [2.75, 3.05) is 5.32 Å². The molecule has 0 spiro atoms. The number of hydrogen-bond acceptors (Lipinski definition) is 4. The van der Waals surface area contributed by atoms with E-state index in [0.29, 0.717) is 22.7 Å². The van der Waals surface area contributed by atoms with Crippen LogP contribution in [0.4, 0.5) is 5.69 Å². The van der Waals surface area contributed by atoms with Crippen LogP contribution >= 0.6 is 11.3 Å². The molecule has 1 unspecified atom stereocenters. The minimum absolute atomic E-state index is 0.160. The Morgan fingerprint density at radius 3 is 2.88 bits per heavy atom. The van der Waals surface area contributed by atoms with Crippen LogP contribution in [0.3, 0.4) is 0 Å². The Kier molecular flexibility index (Phi) is 3.49. The highest BCUT2D eigenvalue weighted by Gasteiger charge is 2.27. The highest BCUT2D eigenvalue weighted by atomic mass is 32.1. The van der Waals surface area contributed by atoms with Gasteiger partial charge in [0.05, 0.1) is 16.7 Å². The summed E-state index contributed by atoms with van der Waals surface area (Å²) in [6.07, 6.45) is 3.07. The van der Waals surface area contributed by atoms with Gasteiger partial charge in [-0.15, -0.1) is 11.3 Å². The van der Waals surface area contributed by atoms with Gasteiger partial charge in [0.2, 0.25) is 0 Å². The molecule has 1 aromatic carbocycles. The molecule has 1 atom stereocenters. The van der Waals surface area contributed by atoms with Crippen molar-refractivity contribution in [2.45, 2.75) is 26.2 Å². The summed E-state index contributed by atoms with van der Waals surface area (Å²) in [6.45, 7) is 2.24. The van der Waals surface area contributed by atoms with Gasteiger partial charge in [-0.3, -0.25) is 19.7 Å². The van der Waals surface area contributed by atoms with Gasteiger partial charge in [-0.2, -0.15) is 0 Å². The maximum absolute atomic E-state index is 12.6. The average Bonchev–Trinajstić information content (AvgIpc) is 3.08. The van der Waals surface area contributed by atoms with E-state index in [2.05, 4.69) is 17.6 Å². The van der Waals surface area contributed by atoms with Crippen LogP contribution < -0.4 is 10.6 Å². The first-order valence-electron chi connectivity index (χ1n) is 7.93. The number of imide groups is 1. The number of carbonyl (C=O) groups is 3. The fourth-order valence-corrected chi connectivity index (χ4v) is 4.56. The first kappa shape index (κ1) is 15.1. The molecule has 6 heteroatoms. The summed E-state index contributed by atoms with van der Waals surface area (Å²) < 4.78 is 0. The molecule has 2 aromatic rings. The van der Waals surface area contributed by atoms with E-state index in [4.69, 9.17) is 0 Å². The molecule has 0 radical (unpaired) electrons. The molecule has 1 aliphatic heterocycles. The summed E-state index contributed by atoms with van der Waals surface area (Å²) in [5.41, 5.74) is 3.05. The number of benzene rings is 1. The second-order valence-electron chi connectivity index (χ2n) is 6.40. The van der Waals surface area contributed by atoms with Crippen LogP contribution in [0.5, 0.6) is 0 Å². The summed E-state index contributed by atoms with van der Waals surface area (Å²) in [6, 6.07) is 4.76. The molecule has 122 valence electrons. The fraction of sp³-hybridized carbons (Fsp3) is 0.278. The van der Waals surface area contributed by atoms with E-state index in [1.165, 1.54) is 4.88 Å². The van der Waals surface area contributed by atoms with Crippen molar-refractivity contribution < 1.29 is 14.4 Å². The number of thiophene rings is 1. The molecule has 1 aromatic heterocycles. The number of rotatable bonds is 2. The largest absolute Gasteiger partial charge is 0.322 e. The second-order valence-corrected chi connectivity index (χ2v) is 7.36. The zero-order valence-electron chi connectivity index (χ0n) is 13.1. The lowest BCUT2D eigenvalue weighted by Crippen LogP contribution is -2.19. The number of nitrogens with one attached hydrogen (secondary N) is 2. The summed E-state index contributed by atoms with van der Waals surface area (Å²) in [4.78, 5) is 37.2. The van der Waals surface area contributed by atoms with Crippen molar-refractivity contribution in [3.05, 3.63) is 50.7 Å². The Morgan fingerprint density at radius 1 is 1.25 bits per heavy atom. The Hall–Kier alpha value is -2.47. The summed E-state index contributed by atoms with van der Waals surface area (Å²) in [7, 11) is 0. The molecule has 2 heterocycles. The quantitative estimate of drug-likeness (QED) is 0.825. The molecule has 5 nitrogen and oxygen atoms in total. The molecular formula is C18H16N2O3S. The van der Waals surface area contributed by atoms with Gasteiger partial charge in [-0.25, -0.2) is 0 Å². The van der Waals surface area contributed by atoms with Crippen LogP contribution in [0.15, 0.2) is 23.6 Å². The predicted molar refractivity (Wildman–Crippen MR) is 91.7 cm³/mol. The molecule has 0 saturated heterocycles. The number of hydrogen-bond donors (Lipinski definition) is 2. The topological polar surface area (TPSA) is 75.3 Å². The average molecular weight is 340 g/mol. The van der Waals surface area contributed by atoms with Crippen molar-refractivity contribution in [3.63, 3.8) is 0 Å². The van der Waals surface area contributed by atoms with Gasteiger partial charge >= 0.3 is 0 Å². The number of carbonyl (C=O) groups excluding carboxylic acids is 3. The van der Waals surface area contributed by atoms with Crippen molar-refractivity contribution in [1.29, 1.82) is 0 Å². The highest BCUT2D eigenvalue weighted by Crippen LogP contribution is 2.33. The third-order valence-electron chi connectivity index (χ3n) is 4.64. The van der Waals surface area contributed by atoms with Gasteiger partial charge in [0.1, 0.15) is 0 Å². The van der Waals surface area contributed by atoms with Gasteiger partial charge in [0, 0.05) is 15.9 Å². The lowest BCUT2D eigenvalue weighted by Gasteiger charge is -2.18. The van der Waals surface area contributed by atoms with Crippen molar-refractivity contribution in [3.8, 4) is 0 Å². The van der Waals surface area contributed by atoms with Gasteiger partial charge in [-0.1, -0.05) is 6.92 Å². The first-order valence-corrected chi connectivity index (χ1v) is 8.81. The normalized spacial score (nSPS) is 18.8. The predicted octanol–water partition coefficient (Wildman–Crippen LogP) is 3.01. The minimum Gasteiger partial charge on any atom is -0.322 e. The molecule has 1 aliphatic carbocycles. The van der Waals surface area contributed by atoms with Gasteiger partial charge < -0.3 is 5.32 Å². The van der Waals surface area contributed by atoms with Crippen LogP contribution in [0.1, 0.15) is 54.9 Å². The Morgan fingerprint density at radius 2 is 2.04 bits per heavy atom. The molecule has 2 aliphatic rings. The highest BCUT2D eigenvalue weighted by molar-refractivity contribution is 7.10. The SMILES string of the molecule is CC1CCc2c(C(=O)Nc3ccc4c(c3)C(=O)NC4=O)csc2C1. The van der Waals surface area contributed by atoms with E-state index >= 15 is 0 Å². The summed E-state index contributed by atoms with van der Waals surface area (Å²) in [5.74, 6) is -0.312. The summed E-state index contributed by atoms with van der Waals surface area (Å²) in [5, 5.41) is 7.01. The Labute approximate surface area is 143 Å². The Balaban J connectivity index is 1.59. The molecule has 0 fully saturated rings.